The lowest BCUT2D eigenvalue weighted by molar-refractivity contribution is -0.141. The van der Waals surface area contributed by atoms with E-state index in [4.69, 9.17) is 5.11 Å². The standard InChI is InChI=1S/C19H18N4O4/c24-18(25)14-7-21-23-9-12(6-20-17(14)23)8-22-10-15(16(11-22)19(26)27)13-4-2-1-3-5-13/h1-7,9,15-16H,8,10-11H2,(H,24,25)(H,26,27)/t15-,16+/m0/s1. The Labute approximate surface area is 154 Å². The summed E-state index contributed by atoms with van der Waals surface area (Å²) in [6.07, 6.45) is 4.63. The highest BCUT2D eigenvalue weighted by molar-refractivity contribution is 5.94. The number of fused-ring (bicyclic) bond motifs is 1. The van der Waals surface area contributed by atoms with Gasteiger partial charge in [-0.2, -0.15) is 5.10 Å². The first-order chi connectivity index (χ1) is 13.0. The van der Waals surface area contributed by atoms with Gasteiger partial charge in [0.25, 0.3) is 0 Å². The topological polar surface area (TPSA) is 108 Å². The van der Waals surface area contributed by atoms with E-state index in [0.717, 1.165) is 11.1 Å². The Kier molecular flexibility index (Phi) is 4.33. The number of aromatic nitrogens is 3. The van der Waals surface area contributed by atoms with E-state index < -0.39 is 17.9 Å². The molecule has 0 spiro atoms. The summed E-state index contributed by atoms with van der Waals surface area (Å²) in [5.41, 5.74) is 2.22. The van der Waals surface area contributed by atoms with Crippen molar-refractivity contribution in [1.82, 2.24) is 19.5 Å². The predicted octanol–water partition coefficient (Wildman–Crippen LogP) is 1.73. The fraction of sp³-hybridized carbons (Fsp3) is 0.263. The molecular weight excluding hydrogens is 348 g/mol. The van der Waals surface area contributed by atoms with Crippen molar-refractivity contribution < 1.29 is 19.8 Å². The molecule has 8 nitrogen and oxygen atoms in total. The molecule has 0 bridgehead atoms. The average Bonchev–Trinajstić information content (AvgIpc) is 3.26. The predicted molar refractivity (Wildman–Crippen MR) is 95.5 cm³/mol. The van der Waals surface area contributed by atoms with Crippen LogP contribution in [0.15, 0.2) is 48.9 Å². The van der Waals surface area contributed by atoms with Crippen molar-refractivity contribution in [2.75, 3.05) is 13.1 Å². The van der Waals surface area contributed by atoms with Crippen LogP contribution in [-0.4, -0.2) is 54.7 Å². The first-order valence-corrected chi connectivity index (χ1v) is 8.58. The Morgan fingerprint density at radius 1 is 1.11 bits per heavy atom. The van der Waals surface area contributed by atoms with Gasteiger partial charge in [-0.1, -0.05) is 30.3 Å². The molecule has 1 saturated heterocycles. The Hall–Kier alpha value is -3.26. The maximum atomic E-state index is 11.7. The number of hydrogen-bond donors (Lipinski definition) is 2. The van der Waals surface area contributed by atoms with Crippen LogP contribution in [0.25, 0.3) is 5.65 Å². The van der Waals surface area contributed by atoms with Crippen molar-refractivity contribution in [3.63, 3.8) is 0 Å². The van der Waals surface area contributed by atoms with Crippen molar-refractivity contribution in [3.8, 4) is 0 Å². The molecule has 0 radical (unpaired) electrons. The van der Waals surface area contributed by atoms with Crippen molar-refractivity contribution >= 4 is 17.6 Å². The molecule has 2 N–H and O–H groups in total. The number of carboxylic acid groups (broad SMARTS) is 2. The first-order valence-electron chi connectivity index (χ1n) is 8.58. The molecule has 2 atom stereocenters. The van der Waals surface area contributed by atoms with E-state index in [2.05, 4.69) is 15.0 Å². The number of nitrogens with zero attached hydrogens (tertiary/aromatic N) is 4. The molecule has 138 valence electrons. The van der Waals surface area contributed by atoms with E-state index in [0.29, 0.717) is 25.3 Å². The van der Waals surface area contributed by atoms with Gasteiger partial charge in [-0.15, -0.1) is 0 Å². The molecule has 1 aliphatic rings. The van der Waals surface area contributed by atoms with E-state index in [1.165, 1.54) is 10.7 Å². The molecule has 27 heavy (non-hydrogen) atoms. The molecule has 0 unspecified atom stereocenters. The highest BCUT2D eigenvalue weighted by atomic mass is 16.4. The van der Waals surface area contributed by atoms with Crippen molar-refractivity contribution in [3.05, 3.63) is 65.6 Å². The lowest BCUT2D eigenvalue weighted by Gasteiger charge is -2.16. The molecule has 2 aromatic heterocycles. The van der Waals surface area contributed by atoms with E-state index in [1.54, 1.807) is 12.4 Å². The Morgan fingerprint density at radius 2 is 1.89 bits per heavy atom. The molecule has 3 heterocycles. The lowest BCUT2D eigenvalue weighted by Crippen LogP contribution is -2.23. The quantitative estimate of drug-likeness (QED) is 0.708. The van der Waals surface area contributed by atoms with Crippen LogP contribution < -0.4 is 0 Å². The minimum Gasteiger partial charge on any atom is -0.481 e. The number of aliphatic carboxylic acids is 1. The highest BCUT2D eigenvalue weighted by Gasteiger charge is 2.38. The number of carbonyl (C=O) groups is 2. The molecule has 0 saturated carbocycles. The second kappa shape index (κ2) is 6.81. The maximum Gasteiger partial charge on any atom is 0.341 e. The fourth-order valence-corrected chi connectivity index (χ4v) is 3.71. The molecule has 1 fully saturated rings. The van der Waals surface area contributed by atoms with E-state index in [9.17, 15) is 14.7 Å². The molecule has 0 aliphatic carbocycles. The van der Waals surface area contributed by atoms with Crippen LogP contribution in [-0.2, 0) is 11.3 Å². The third-order valence-corrected chi connectivity index (χ3v) is 4.99. The van der Waals surface area contributed by atoms with Crippen LogP contribution in [0.5, 0.6) is 0 Å². The summed E-state index contributed by atoms with van der Waals surface area (Å²) < 4.78 is 1.44. The largest absolute Gasteiger partial charge is 0.481 e. The lowest BCUT2D eigenvalue weighted by atomic mass is 9.89. The molecule has 3 aromatic rings. The number of aromatic carboxylic acids is 1. The zero-order valence-corrected chi connectivity index (χ0v) is 14.4. The SMILES string of the molecule is O=C(O)c1cnn2cc(CN3C[C@@H](C(=O)O)[C@H](c4ccccc4)C3)cnc12. The summed E-state index contributed by atoms with van der Waals surface area (Å²) in [4.78, 5) is 29.2. The van der Waals surface area contributed by atoms with E-state index >= 15 is 0 Å². The van der Waals surface area contributed by atoms with Crippen molar-refractivity contribution in [2.45, 2.75) is 12.5 Å². The summed E-state index contributed by atoms with van der Waals surface area (Å²) in [5, 5.41) is 22.8. The second-order valence-electron chi connectivity index (χ2n) is 6.75. The van der Waals surface area contributed by atoms with Crippen LogP contribution in [0, 0.1) is 5.92 Å². The molecule has 8 heteroatoms. The normalized spacial score (nSPS) is 20.1. The summed E-state index contributed by atoms with van der Waals surface area (Å²) >= 11 is 0. The average molecular weight is 366 g/mol. The van der Waals surface area contributed by atoms with Gasteiger partial charge in [0.2, 0.25) is 0 Å². The smallest absolute Gasteiger partial charge is 0.341 e. The van der Waals surface area contributed by atoms with Crippen LogP contribution in [0.2, 0.25) is 0 Å². The highest BCUT2D eigenvalue weighted by Crippen LogP contribution is 2.33. The van der Waals surface area contributed by atoms with Gasteiger partial charge in [-0.05, 0) is 5.56 Å². The van der Waals surface area contributed by atoms with Gasteiger partial charge >= 0.3 is 11.9 Å². The summed E-state index contributed by atoms with van der Waals surface area (Å²) in [7, 11) is 0. The molecule has 4 rings (SSSR count). The number of likely N-dealkylation sites (tertiary alicyclic amines) is 1. The van der Waals surface area contributed by atoms with Gasteiger partial charge in [0.1, 0.15) is 5.56 Å². The maximum absolute atomic E-state index is 11.7. The number of rotatable bonds is 5. The van der Waals surface area contributed by atoms with Gasteiger partial charge in [0, 0.05) is 43.5 Å². The van der Waals surface area contributed by atoms with Gasteiger partial charge in [-0.25, -0.2) is 14.3 Å². The third kappa shape index (κ3) is 3.26. The minimum atomic E-state index is -1.07. The molecule has 0 amide bonds. The van der Waals surface area contributed by atoms with E-state index in [-0.39, 0.29) is 11.5 Å². The zero-order chi connectivity index (χ0) is 19.0. The van der Waals surface area contributed by atoms with Crippen LogP contribution in [0.4, 0.5) is 0 Å². The minimum absolute atomic E-state index is 0.0535. The van der Waals surface area contributed by atoms with Gasteiger partial charge in [0.05, 0.1) is 12.1 Å². The number of benzene rings is 1. The number of carboxylic acids is 2. The second-order valence-corrected chi connectivity index (χ2v) is 6.75. The summed E-state index contributed by atoms with van der Waals surface area (Å²) in [6, 6.07) is 9.70. The summed E-state index contributed by atoms with van der Waals surface area (Å²) in [6.45, 7) is 1.61. The van der Waals surface area contributed by atoms with Gasteiger partial charge in [-0.3, -0.25) is 9.69 Å². The van der Waals surface area contributed by atoms with Gasteiger partial charge < -0.3 is 10.2 Å². The Morgan fingerprint density at radius 3 is 2.59 bits per heavy atom. The molecule has 1 aromatic carbocycles. The van der Waals surface area contributed by atoms with E-state index in [1.807, 2.05) is 30.3 Å². The zero-order valence-electron chi connectivity index (χ0n) is 14.4. The van der Waals surface area contributed by atoms with Crippen molar-refractivity contribution in [1.29, 1.82) is 0 Å². The summed E-state index contributed by atoms with van der Waals surface area (Å²) in [5.74, 6) is -2.39. The first kappa shape index (κ1) is 17.2. The van der Waals surface area contributed by atoms with Crippen LogP contribution in [0.1, 0.15) is 27.4 Å². The Balaban J connectivity index is 1.55. The van der Waals surface area contributed by atoms with Crippen molar-refractivity contribution in [2.24, 2.45) is 5.92 Å². The van der Waals surface area contributed by atoms with Gasteiger partial charge in [0.15, 0.2) is 5.65 Å². The third-order valence-electron chi connectivity index (χ3n) is 4.99. The Bertz CT molecular complexity index is 1000. The molecular formula is C19H18N4O4. The van der Waals surface area contributed by atoms with Crippen LogP contribution in [0.3, 0.4) is 0 Å². The fourth-order valence-electron chi connectivity index (χ4n) is 3.71. The molecule has 1 aliphatic heterocycles. The van der Waals surface area contributed by atoms with Crippen LogP contribution >= 0.6 is 0 Å². The number of hydrogen-bond acceptors (Lipinski definition) is 5. The monoisotopic (exact) mass is 366 g/mol.